The maximum absolute atomic E-state index is 13.9. The van der Waals surface area contributed by atoms with Gasteiger partial charge >= 0.3 is 0 Å². The van der Waals surface area contributed by atoms with Gasteiger partial charge in [0.25, 0.3) is 0 Å². The van der Waals surface area contributed by atoms with Crippen LogP contribution in [0.4, 0.5) is 0 Å². The molecule has 5 rings (SSSR count). The Morgan fingerprint density at radius 3 is 2.55 bits per heavy atom. The summed E-state index contributed by atoms with van der Waals surface area (Å²) in [4.78, 5) is 57.1. The summed E-state index contributed by atoms with van der Waals surface area (Å²) in [5.74, 6) is 0.0564. The van der Waals surface area contributed by atoms with E-state index in [1.807, 2.05) is 60.4 Å². The Labute approximate surface area is 248 Å². The molecule has 2 saturated heterocycles. The maximum Gasteiger partial charge on any atom is 0.243 e. The molecule has 2 fully saturated rings. The van der Waals surface area contributed by atoms with Gasteiger partial charge in [-0.2, -0.15) is 0 Å². The van der Waals surface area contributed by atoms with E-state index in [-0.39, 0.29) is 24.1 Å². The van der Waals surface area contributed by atoms with Gasteiger partial charge in [-0.3, -0.25) is 19.2 Å². The van der Waals surface area contributed by atoms with Crippen molar-refractivity contribution in [3.8, 4) is 5.75 Å². The van der Waals surface area contributed by atoms with E-state index in [1.54, 1.807) is 0 Å². The number of aryl methyl sites for hydroxylation is 2. The van der Waals surface area contributed by atoms with Gasteiger partial charge in [-0.05, 0) is 80.2 Å². The highest BCUT2D eigenvalue weighted by Gasteiger charge is 2.37. The molecule has 0 radical (unpaired) electrons. The van der Waals surface area contributed by atoms with Gasteiger partial charge in [-0.1, -0.05) is 36.4 Å². The highest BCUT2D eigenvalue weighted by atomic mass is 16.5. The fourth-order valence-corrected chi connectivity index (χ4v) is 6.23. The highest BCUT2D eigenvalue weighted by molar-refractivity contribution is 5.95. The molecule has 3 aliphatic heterocycles. The predicted octanol–water partition coefficient (Wildman–Crippen LogP) is 3.13. The maximum atomic E-state index is 13.9. The van der Waals surface area contributed by atoms with Gasteiger partial charge in [0.1, 0.15) is 17.8 Å². The van der Waals surface area contributed by atoms with Crippen molar-refractivity contribution in [2.45, 2.75) is 76.9 Å². The Kier molecular flexibility index (Phi) is 9.77. The monoisotopic (exact) mass is 574 g/mol. The van der Waals surface area contributed by atoms with E-state index in [9.17, 15) is 19.2 Å². The second-order valence-corrected chi connectivity index (χ2v) is 11.8. The SMILES string of the molecule is Cc1ccc2cc1CNC(=O)[C@H](CCc1ccccc1)NC(=O)[C@@H](N1CCCC1=O)CC(=O)N1CCCC(CCO2)C1. The summed E-state index contributed by atoms with van der Waals surface area (Å²) < 4.78 is 6.09. The molecule has 3 heterocycles. The van der Waals surface area contributed by atoms with Crippen LogP contribution < -0.4 is 15.4 Å². The third kappa shape index (κ3) is 7.49. The number of piperidine rings is 1. The number of amides is 4. The van der Waals surface area contributed by atoms with Crippen LogP contribution >= 0.6 is 0 Å². The van der Waals surface area contributed by atoms with Gasteiger partial charge in [0.05, 0.1) is 13.0 Å². The van der Waals surface area contributed by atoms with Gasteiger partial charge in [-0.25, -0.2) is 0 Å². The van der Waals surface area contributed by atoms with E-state index in [0.717, 1.165) is 41.7 Å². The van der Waals surface area contributed by atoms with Crippen molar-refractivity contribution < 1.29 is 23.9 Å². The average molecular weight is 575 g/mol. The summed E-state index contributed by atoms with van der Waals surface area (Å²) in [5, 5.41) is 5.96. The number of rotatable bonds is 4. The third-order valence-corrected chi connectivity index (χ3v) is 8.79. The quantitative estimate of drug-likeness (QED) is 0.584. The molecule has 2 N–H and O–H groups in total. The Bertz CT molecular complexity index is 1280. The highest BCUT2D eigenvalue weighted by Crippen LogP contribution is 2.24. The van der Waals surface area contributed by atoms with Crippen molar-refractivity contribution in [3.05, 3.63) is 65.2 Å². The van der Waals surface area contributed by atoms with Crippen molar-refractivity contribution in [1.82, 2.24) is 20.4 Å². The minimum atomic E-state index is -0.943. The lowest BCUT2D eigenvalue weighted by Gasteiger charge is -2.35. The molecule has 0 spiro atoms. The minimum absolute atomic E-state index is 0.0857. The molecular weight excluding hydrogens is 532 g/mol. The lowest BCUT2D eigenvalue weighted by atomic mass is 9.94. The van der Waals surface area contributed by atoms with Crippen LogP contribution in [0.25, 0.3) is 0 Å². The standard InChI is InChI=1S/C33H42N4O5/c1-23-11-13-27-19-26(23)21-34-32(40)28(14-12-24-7-3-2-4-8-24)35-33(41)29(37-17-6-10-30(37)38)20-31(39)36-16-5-9-25(22-36)15-18-42-27/h2-4,7-8,11,13,19,25,28-29H,5-6,9-10,12,14-18,20-22H2,1H3,(H,34,40)(H,35,41)/t25?,28-,29-/m0/s1. The number of carbonyl (C=O) groups excluding carboxylic acids is 4. The second-order valence-electron chi connectivity index (χ2n) is 11.8. The number of likely N-dealkylation sites (tertiary alicyclic amines) is 1. The van der Waals surface area contributed by atoms with Gasteiger partial charge in [0, 0.05) is 32.6 Å². The zero-order valence-electron chi connectivity index (χ0n) is 24.5. The van der Waals surface area contributed by atoms with Crippen LogP contribution in [0.2, 0.25) is 0 Å². The van der Waals surface area contributed by atoms with Gasteiger partial charge in [-0.15, -0.1) is 0 Å². The van der Waals surface area contributed by atoms with E-state index in [4.69, 9.17) is 4.74 Å². The first-order valence-corrected chi connectivity index (χ1v) is 15.3. The van der Waals surface area contributed by atoms with Gasteiger partial charge in [0.15, 0.2) is 0 Å². The van der Waals surface area contributed by atoms with Crippen molar-refractivity contribution in [2.75, 3.05) is 26.2 Å². The summed E-state index contributed by atoms with van der Waals surface area (Å²) in [7, 11) is 0. The number of hydrogen-bond donors (Lipinski definition) is 2. The molecular formula is C33H42N4O5. The second kappa shape index (κ2) is 13.9. The van der Waals surface area contributed by atoms with E-state index < -0.39 is 18.0 Å². The van der Waals surface area contributed by atoms with Crippen LogP contribution in [-0.4, -0.2) is 71.8 Å². The topological polar surface area (TPSA) is 108 Å². The van der Waals surface area contributed by atoms with E-state index in [2.05, 4.69) is 10.6 Å². The van der Waals surface area contributed by atoms with Crippen LogP contribution in [0.5, 0.6) is 5.75 Å². The molecule has 3 atom stereocenters. The number of hydrogen-bond acceptors (Lipinski definition) is 5. The number of nitrogens with zero attached hydrogens (tertiary/aromatic N) is 2. The molecule has 9 nitrogen and oxygen atoms in total. The van der Waals surface area contributed by atoms with Crippen LogP contribution in [0.15, 0.2) is 48.5 Å². The van der Waals surface area contributed by atoms with Gasteiger partial charge in [0.2, 0.25) is 23.6 Å². The molecule has 2 aromatic carbocycles. The molecule has 9 heteroatoms. The van der Waals surface area contributed by atoms with Crippen LogP contribution in [0.3, 0.4) is 0 Å². The van der Waals surface area contributed by atoms with Crippen molar-refractivity contribution in [3.63, 3.8) is 0 Å². The predicted molar refractivity (Wildman–Crippen MR) is 158 cm³/mol. The van der Waals surface area contributed by atoms with Gasteiger partial charge < -0.3 is 25.2 Å². The first-order chi connectivity index (χ1) is 20.4. The summed E-state index contributed by atoms with van der Waals surface area (Å²) >= 11 is 0. The molecule has 224 valence electrons. The normalized spacial score (nSPS) is 24.4. The Hall–Kier alpha value is -3.88. The number of fused-ring (bicyclic) bond motifs is 4. The number of nitrogens with one attached hydrogen (secondary N) is 2. The smallest absolute Gasteiger partial charge is 0.243 e. The van der Waals surface area contributed by atoms with E-state index in [1.165, 1.54) is 4.90 Å². The molecule has 0 aliphatic carbocycles. The fraction of sp³-hybridized carbons (Fsp3) is 0.515. The molecule has 42 heavy (non-hydrogen) atoms. The number of benzene rings is 2. The Morgan fingerprint density at radius 1 is 0.929 bits per heavy atom. The zero-order chi connectivity index (χ0) is 29.5. The molecule has 0 saturated carbocycles. The molecule has 2 aromatic rings. The van der Waals surface area contributed by atoms with Crippen molar-refractivity contribution in [2.24, 2.45) is 5.92 Å². The first kappa shape index (κ1) is 29.6. The Morgan fingerprint density at radius 2 is 1.76 bits per heavy atom. The van der Waals surface area contributed by atoms with E-state index in [0.29, 0.717) is 64.4 Å². The minimum Gasteiger partial charge on any atom is -0.494 e. The van der Waals surface area contributed by atoms with E-state index >= 15 is 0 Å². The van der Waals surface area contributed by atoms with Crippen LogP contribution in [0.1, 0.15) is 61.6 Å². The van der Waals surface area contributed by atoms with Crippen molar-refractivity contribution >= 4 is 23.6 Å². The zero-order valence-corrected chi connectivity index (χ0v) is 24.5. The fourth-order valence-electron chi connectivity index (χ4n) is 6.23. The van der Waals surface area contributed by atoms with Crippen molar-refractivity contribution in [1.29, 1.82) is 0 Å². The summed E-state index contributed by atoms with van der Waals surface area (Å²) in [6.07, 6.45) is 4.63. The summed E-state index contributed by atoms with van der Waals surface area (Å²) in [6.45, 7) is 4.52. The third-order valence-electron chi connectivity index (χ3n) is 8.79. The van der Waals surface area contributed by atoms with Crippen LogP contribution in [-0.2, 0) is 32.1 Å². The lowest BCUT2D eigenvalue weighted by molar-refractivity contribution is -0.143. The van der Waals surface area contributed by atoms with Crippen LogP contribution in [0, 0.1) is 12.8 Å². The molecule has 4 bridgehead atoms. The Balaban J connectivity index is 1.42. The molecule has 3 aliphatic rings. The average Bonchev–Trinajstić information content (AvgIpc) is 3.43. The molecule has 1 unspecified atom stereocenters. The first-order valence-electron chi connectivity index (χ1n) is 15.3. The molecule has 4 amide bonds. The lowest BCUT2D eigenvalue weighted by Crippen LogP contribution is -2.55. The summed E-state index contributed by atoms with van der Waals surface area (Å²) in [5.41, 5.74) is 3.04. The number of carbonyl (C=O) groups is 4. The largest absolute Gasteiger partial charge is 0.494 e. The summed E-state index contributed by atoms with van der Waals surface area (Å²) in [6, 6.07) is 13.9. The number of ether oxygens (including phenoxy) is 1. The molecule has 0 aromatic heterocycles.